The predicted molar refractivity (Wildman–Crippen MR) is 60.3 cm³/mol. The van der Waals surface area contributed by atoms with E-state index in [0.29, 0.717) is 5.56 Å². The van der Waals surface area contributed by atoms with Crippen LogP contribution in [0, 0.1) is 0 Å². The summed E-state index contributed by atoms with van der Waals surface area (Å²) in [6, 6.07) is 6.42. The van der Waals surface area contributed by atoms with E-state index in [-0.39, 0.29) is 5.56 Å². The molecule has 1 aliphatic rings. The summed E-state index contributed by atoms with van der Waals surface area (Å²) >= 11 is 0. The smallest absolute Gasteiger partial charge is 0.305 e. The highest BCUT2D eigenvalue weighted by atomic mass is 32.2. The first-order valence-electron chi connectivity index (χ1n) is 4.61. The Morgan fingerprint density at radius 1 is 1.24 bits per heavy atom. The van der Waals surface area contributed by atoms with Gasteiger partial charge in [0.2, 0.25) is 0 Å². The SMILES string of the molecule is O=S(=O)(O)[C@]1(O)C=Cc2ccccc2/C1=N/O. The van der Waals surface area contributed by atoms with Gasteiger partial charge in [-0.1, -0.05) is 35.5 Å². The highest BCUT2D eigenvalue weighted by Gasteiger charge is 2.47. The minimum atomic E-state index is -4.85. The molecular weight excluding hydrogens is 246 g/mol. The number of benzene rings is 1. The highest BCUT2D eigenvalue weighted by Crippen LogP contribution is 2.29. The van der Waals surface area contributed by atoms with Crippen molar-refractivity contribution >= 4 is 21.9 Å². The Morgan fingerprint density at radius 2 is 1.88 bits per heavy atom. The molecule has 0 bridgehead atoms. The molecule has 0 fully saturated rings. The Balaban J connectivity index is 2.74. The lowest BCUT2D eigenvalue weighted by Crippen LogP contribution is -2.46. The van der Waals surface area contributed by atoms with Crippen molar-refractivity contribution in [3.63, 3.8) is 0 Å². The molecule has 2 rings (SSSR count). The first-order chi connectivity index (χ1) is 7.90. The molecule has 0 saturated heterocycles. The number of oxime groups is 1. The normalized spacial score (nSPS) is 25.9. The Labute approximate surface area is 97.3 Å². The zero-order valence-corrected chi connectivity index (χ0v) is 9.29. The molecule has 7 heteroatoms. The number of aliphatic hydroxyl groups is 1. The lowest BCUT2D eigenvalue weighted by Gasteiger charge is -2.26. The molecule has 0 aliphatic heterocycles. The van der Waals surface area contributed by atoms with Crippen molar-refractivity contribution in [2.75, 3.05) is 0 Å². The summed E-state index contributed by atoms with van der Waals surface area (Å²) in [5.74, 6) is 0. The largest absolute Gasteiger partial charge is 0.410 e. The van der Waals surface area contributed by atoms with Crippen LogP contribution >= 0.6 is 0 Å². The quantitative estimate of drug-likeness (QED) is 0.384. The summed E-state index contributed by atoms with van der Waals surface area (Å²) in [4.78, 5) is -2.73. The molecule has 1 aliphatic carbocycles. The minimum absolute atomic E-state index is 0.234. The fraction of sp³-hybridized carbons (Fsp3) is 0.100. The van der Waals surface area contributed by atoms with Crippen LogP contribution in [-0.2, 0) is 10.1 Å². The molecule has 1 aromatic carbocycles. The predicted octanol–water partition coefficient (Wildman–Crippen LogP) is 0.468. The van der Waals surface area contributed by atoms with Crippen molar-refractivity contribution in [1.29, 1.82) is 0 Å². The summed E-state index contributed by atoms with van der Waals surface area (Å²) in [6.07, 6.45) is 2.19. The molecule has 0 heterocycles. The molecule has 0 saturated carbocycles. The third-order valence-electron chi connectivity index (χ3n) is 2.54. The average Bonchev–Trinajstić information content (AvgIpc) is 2.27. The van der Waals surface area contributed by atoms with Gasteiger partial charge in [-0.3, -0.25) is 4.55 Å². The van der Waals surface area contributed by atoms with Crippen molar-refractivity contribution in [1.82, 2.24) is 0 Å². The van der Waals surface area contributed by atoms with Gasteiger partial charge >= 0.3 is 10.1 Å². The number of hydrogen-bond donors (Lipinski definition) is 3. The van der Waals surface area contributed by atoms with Crippen molar-refractivity contribution in [3.8, 4) is 0 Å². The molecule has 1 aromatic rings. The van der Waals surface area contributed by atoms with Crippen LogP contribution in [0.2, 0.25) is 0 Å². The summed E-state index contributed by atoms with van der Waals surface area (Å²) in [5.41, 5.74) is 0.282. The maximum absolute atomic E-state index is 11.1. The minimum Gasteiger partial charge on any atom is -0.410 e. The highest BCUT2D eigenvalue weighted by molar-refractivity contribution is 7.88. The van der Waals surface area contributed by atoms with Crippen LogP contribution in [-0.4, -0.2) is 33.9 Å². The maximum Gasteiger partial charge on any atom is 0.305 e. The number of fused-ring (bicyclic) bond motifs is 1. The second-order valence-electron chi connectivity index (χ2n) is 3.54. The van der Waals surface area contributed by atoms with E-state index in [1.807, 2.05) is 0 Å². The van der Waals surface area contributed by atoms with Gasteiger partial charge in [-0.25, -0.2) is 0 Å². The zero-order valence-electron chi connectivity index (χ0n) is 8.48. The van der Waals surface area contributed by atoms with Crippen molar-refractivity contribution in [2.45, 2.75) is 4.93 Å². The van der Waals surface area contributed by atoms with E-state index in [1.54, 1.807) is 18.2 Å². The maximum atomic E-state index is 11.1. The molecule has 1 atom stereocenters. The summed E-state index contributed by atoms with van der Waals surface area (Å²) in [6.45, 7) is 0. The van der Waals surface area contributed by atoms with Crippen LogP contribution in [0.25, 0.3) is 6.08 Å². The van der Waals surface area contributed by atoms with Gasteiger partial charge in [0, 0.05) is 5.56 Å². The van der Waals surface area contributed by atoms with Gasteiger partial charge in [0.1, 0.15) is 5.71 Å². The van der Waals surface area contributed by atoms with E-state index in [9.17, 15) is 13.5 Å². The Morgan fingerprint density at radius 3 is 2.47 bits per heavy atom. The van der Waals surface area contributed by atoms with Crippen LogP contribution < -0.4 is 0 Å². The molecule has 6 nitrogen and oxygen atoms in total. The van der Waals surface area contributed by atoms with E-state index in [4.69, 9.17) is 9.76 Å². The fourth-order valence-corrected chi connectivity index (χ4v) is 2.30. The van der Waals surface area contributed by atoms with Crippen molar-refractivity contribution < 1.29 is 23.3 Å². The van der Waals surface area contributed by atoms with Crippen LogP contribution in [0.1, 0.15) is 11.1 Å². The Bertz CT molecular complexity index is 619. The van der Waals surface area contributed by atoms with Crippen LogP contribution in [0.15, 0.2) is 35.5 Å². The molecular formula is C10H9NO5S. The summed E-state index contributed by atoms with van der Waals surface area (Å²) in [7, 11) is -4.85. The van der Waals surface area contributed by atoms with Gasteiger partial charge in [-0.05, 0) is 11.6 Å². The van der Waals surface area contributed by atoms with E-state index in [2.05, 4.69) is 5.16 Å². The molecule has 17 heavy (non-hydrogen) atoms. The Kier molecular flexibility index (Phi) is 2.53. The third kappa shape index (κ3) is 1.64. The van der Waals surface area contributed by atoms with Crippen LogP contribution in [0.4, 0.5) is 0 Å². The topological polar surface area (TPSA) is 107 Å². The van der Waals surface area contributed by atoms with Crippen molar-refractivity contribution in [3.05, 3.63) is 41.5 Å². The zero-order chi connectivity index (χ0) is 12.7. The molecule has 0 unspecified atom stereocenters. The molecule has 3 N–H and O–H groups in total. The first-order valence-corrected chi connectivity index (χ1v) is 6.05. The van der Waals surface area contributed by atoms with E-state index < -0.39 is 20.8 Å². The van der Waals surface area contributed by atoms with Crippen LogP contribution in [0.5, 0.6) is 0 Å². The fourth-order valence-electron chi connectivity index (χ4n) is 1.67. The summed E-state index contributed by atoms with van der Waals surface area (Å²) < 4.78 is 31.3. The van der Waals surface area contributed by atoms with Gasteiger partial charge in [0.25, 0.3) is 4.93 Å². The monoisotopic (exact) mass is 255 g/mol. The van der Waals surface area contributed by atoms with E-state index >= 15 is 0 Å². The van der Waals surface area contributed by atoms with Gasteiger partial charge in [-0.2, -0.15) is 8.42 Å². The first kappa shape index (κ1) is 11.8. The molecule has 90 valence electrons. The average molecular weight is 255 g/mol. The van der Waals surface area contributed by atoms with Gasteiger partial charge in [0.05, 0.1) is 0 Å². The van der Waals surface area contributed by atoms with E-state index in [1.165, 1.54) is 12.1 Å². The molecule has 0 radical (unpaired) electrons. The number of hydrogen-bond acceptors (Lipinski definition) is 5. The van der Waals surface area contributed by atoms with Gasteiger partial charge in [0.15, 0.2) is 0 Å². The van der Waals surface area contributed by atoms with Crippen LogP contribution in [0.3, 0.4) is 0 Å². The number of rotatable bonds is 1. The molecule has 0 aromatic heterocycles. The summed E-state index contributed by atoms with van der Waals surface area (Å²) in [5, 5.41) is 21.5. The van der Waals surface area contributed by atoms with Crippen molar-refractivity contribution in [2.24, 2.45) is 5.16 Å². The van der Waals surface area contributed by atoms with E-state index in [0.717, 1.165) is 6.08 Å². The molecule has 0 spiro atoms. The second kappa shape index (κ2) is 3.66. The third-order valence-corrected chi connectivity index (χ3v) is 3.65. The Hall–Kier alpha value is -1.70. The lowest BCUT2D eigenvalue weighted by molar-refractivity contribution is 0.216. The molecule has 0 amide bonds. The standard InChI is InChI=1S/C10H9NO5S/c12-10(17(14,15)16)6-5-7-3-1-2-4-8(7)9(10)11-13/h1-6,12-13H,(H,14,15,16)/b11-9-/t10-/m1/s1. The second-order valence-corrected chi connectivity index (χ2v) is 5.11. The number of nitrogens with zero attached hydrogens (tertiary/aromatic N) is 1. The van der Waals surface area contributed by atoms with Gasteiger partial charge in [-0.15, -0.1) is 0 Å². The lowest BCUT2D eigenvalue weighted by atomic mass is 9.93. The van der Waals surface area contributed by atoms with Gasteiger partial charge < -0.3 is 10.3 Å².